The van der Waals surface area contributed by atoms with E-state index in [2.05, 4.69) is 183 Å². The molecule has 0 aromatic heterocycles. The fraction of sp³-hybridized carbons (Fsp3) is 0.619. The summed E-state index contributed by atoms with van der Waals surface area (Å²) < 4.78 is 20.3. The van der Waals surface area contributed by atoms with Crippen LogP contribution in [-0.4, -0.2) is 47.9 Å². The molecular weight excluding hydrogens is 665 g/mol. The highest BCUT2D eigenvalue weighted by molar-refractivity contribution is 7.00. The van der Waals surface area contributed by atoms with Crippen molar-refractivity contribution in [2.24, 2.45) is 0 Å². The Hall–Kier alpha value is -1.33. The van der Waals surface area contributed by atoms with E-state index in [1.54, 1.807) is 0 Å². The second-order valence-electron chi connectivity index (χ2n) is 18.9. The van der Waals surface area contributed by atoms with Crippen LogP contribution in [0.25, 0.3) is 12.2 Å². The van der Waals surface area contributed by atoms with Crippen LogP contribution in [0, 0.1) is 0 Å². The summed E-state index contributed by atoms with van der Waals surface area (Å²) in [4.78, 5) is 0. The average molecular weight is 739 g/mol. The molecule has 0 amide bonds. The maximum atomic E-state index is 8.23. The molecule has 0 saturated heterocycles. The Morgan fingerprint density at radius 3 is 1.14 bits per heavy atom. The lowest BCUT2D eigenvalue weighted by Gasteiger charge is -2.51. The van der Waals surface area contributed by atoms with E-state index in [0.29, 0.717) is 0 Å². The molecule has 276 valence electrons. The van der Waals surface area contributed by atoms with E-state index >= 15 is 0 Å². The fourth-order valence-corrected chi connectivity index (χ4v) is 18.1. The van der Waals surface area contributed by atoms with Gasteiger partial charge in [0.2, 0.25) is 16.6 Å². The first-order valence-electron chi connectivity index (χ1n) is 18.8. The molecule has 0 fully saturated rings. The normalized spacial score (nSPS) is 16.2. The Morgan fingerprint density at radius 1 is 0.551 bits per heavy atom. The van der Waals surface area contributed by atoms with Crippen molar-refractivity contribution in [2.45, 2.75) is 156 Å². The fourth-order valence-electron chi connectivity index (χ4n) is 6.41. The average Bonchev–Trinajstić information content (AvgIpc) is 2.94. The van der Waals surface area contributed by atoms with Crippen molar-refractivity contribution in [3.8, 4) is 0 Å². The van der Waals surface area contributed by atoms with E-state index < -0.39 is 34.7 Å². The van der Waals surface area contributed by atoms with Gasteiger partial charge in [-0.2, -0.15) is 0 Å². The Bertz CT molecular complexity index is 1310. The first-order valence-corrected chi connectivity index (χ1v) is 29.2. The van der Waals surface area contributed by atoms with Crippen LogP contribution in [0.4, 0.5) is 0 Å². The summed E-state index contributed by atoms with van der Waals surface area (Å²) in [6, 6.07) is 14.0. The first-order chi connectivity index (χ1) is 22.3. The minimum absolute atomic E-state index is 0.00421. The molecule has 2 rings (SSSR count). The maximum Gasteiger partial charge on any atom is 0.215 e. The number of hydrogen-bond acceptors (Lipinski definition) is 3. The second-order valence-corrected chi connectivity index (χ2v) is 32.8. The minimum atomic E-state index is -2.69. The van der Waals surface area contributed by atoms with Gasteiger partial charge in [-0.05, 0) is 106 Å². The summed E-state index contributed by atoms with van der Waals surface area (Å²) in [6.07, 6.45) is 11.3. The second kappa shape index (κ2) is 17.0. The van der Waals surface area contributed by atoms with Crippen molar-refractivity contribution >= 4 is 57.2 Å². The van der Waals surface area contributed by atoms with Crippen molar-refractivity contribution in [3.63, 3.8) is 0 Å². The zero-order chi connectivity index (χ0) is 37.6. The van der Waals surface area contributed by atoms with Crippen molar-refractivity contribution in [3.05, 3.63) is 70.8 Å². The summed E-state index contributed by atoms with van der Waals surface area (Å²) in [5, 5.41) is 2.69. The predicted octanol–water partition coefficient (Wildman–Crippen LogP) is 11.0. The highest BCUT2D eigenvalue weighted by Gasteiger charge is 2.55. The molecule has 0 saturated carbocycles. The zero-order valence-corrected chi connectivity index (χ0v) is 39.3. The Labute approximate surface area is 309 Å². The molecule has 0 bridgehead atoms. The van der Waals surface area contributed by atoms with E-state index in [9.17, 15) is 0 Å². The SMILES string of the molecule is C[SiH](C)OCCC=Cc1c(C(C)(C)C)cccc1[Si](C)(O[Si](C)(c1cccc(C(C)(C)C)c1C=CCCO[SiH](C)C)C(C)(C)C)C(C)(C)C. The molecule has 3 nitrogen and oxygen atoms in total. The van der Waals surface area contributed by atoms with Crippen LogP contribution in [0.1, 0.15) is 118 Å². The van der Waals surface area contributed by atoms with Gasteiger partial charge in [0.1, 0.15) is 0 Å². The molecular formula is C42H74O3Si4. The lowest BCUT2D eigenvalue weighted by atomic mass is 9.83. The molecule has 0 radical (unpaired) electrons. The van der Waals surface area contributed by atoms with Gasteiger partial charge in [-0.25, -0.2) is 0 Å². The van der Waals surface area contributed by atoms with Gasteiger partial charge in [-0.3, -0.25) is 0 Å². The van der Waals surface area contributed by atoms with Gasteiger partial charge in [-0.1, -0.05) is 144 Å². The monoisotopic (exact) mass is 738 g/mol. The third kappa shape index (κ3) is 11.3. The predicted molar refractivity (Wildman–Crippen MR) is 230 cm³/mol. The van der Waals surface area contributed by atoms with Crippen molar-refractivity contribution in [1.82, 2.24) is 0 Å². The minimum Gasteiger partial charge on any atom is -0.448 e. The van der Waals surface area contributed by atoms with Gasteiger partial charge < -0.3 is 13.0 Å². The van der Waals surface area contributed by atoms with E-state index in [4.69, 9.17) is 13.0 Å². The largest absolute Gasteiger partial charge is 0.448 e. The van der Waals surface area contributed by atoms with Gasteiger partial charge in [0.25, 0.3) is 0 Å². The summed E-state index contributed by atoms with van der Waals surface area (Å²) in [6.45, 7) is 44.1. The van der Waals surface area contributed by atoms with Crippen LogP contribution >= 0.6 is 0 Å². The number of rotatable bonds is 14. The molecule has 0 aliphatic carbocycles. The van der Waals surface area contributed by atoms with Crippen LogP contribution in [-0.2, 0) is 23.8 Å². The van der Waals surface area contributed by atoms with Crippen molar-refractivity contribution in [2.75, 3.05) is 13.2 Å². The lowest BCUT2D eigenvalue weighted by Crippen LogP contribution is -2.68. The Balaban J connectivity index is 2.94. The van der Waals surface area contributed by atoms with Gasteiger partial charge >= 0.3 is 0 Å². The van der Waals surface area contributed by atoms with E-state index in [0.717, 1.165) is 26.1 Å². The van der Waals surface area contributed by atoms with Crippen LogP contribution in [0.2, 0.25) is 49.4 Å². The van der Waals surface area contributed by atoms with Gasteiger partial charge in [-0.15, -0.1) is 0 Å². The van der Waals surface area contributed by atoms with E-state index in [-0.39, 0.29) is 20.9 Å². The third-order valence-corrected chi connectivity index (χ3v) is 23.9. The maximum absolute atomic E-state index is 8.23. The molecule has 0 spiro atoms. The molecule has 0 N–H and O–H groups in total. The summed E-state index contributed by atoms with van der Waals surface area (Å²) in [5.41, 5.74) is 5.46. The van der Waals surface area contributed by atoms with Crippen LogP contribution in [0.3, 0.4) is 0 Å². The highest BCUT2D eigenvalue weighted by atomic mass is 28.4. The van der Waals surface area contributed by atoms with E-state index in [1.165, 1.54) is 32.6 Å². The van der Waals surface area contributed by atoms with Crippen LogP contribution < -0.4 is 10.4 Å². The quantitative estimate of drug-likeness (QED) is 0.143. The smallest absolute Gasteiger partial charge is 0.215 e. The molecule has 0 aliphatic heterocycles. The highest BCUT2D eigenvalue weighted by Crippen LogP contribution is 2.46. The topological polar surface area (TPSA) is 27.7 Å². The van der Waals surface area contributed by atoms with Crippen LogP contribution in [0.5, 0.6) is 0 Å². The Kier molecular flexibility index (Phi) is 15.2. The van der Waals surface area contributed by atoms with Crippen molar-refractivity contribution < 1.29 is 13.0 Å². The van der Waals surface area contributed by atoms with Gasteiger partial charge in [0, 0.05) is 13.2 Å². The summed E-state index contributed by atoms with van der Waals surface area (Å²) >= 11 is 0. The zero-order valence-electron chi connectivity index (χ0n) is 35.0. The summed E-state index contributed by atoms with van der Waals surface area (Å²) in [7, 11) is -7.47. The summed E-state index contributed by atoms with van der Waals surface area (Å²) in [5.74, 6) is 0. The number of hydrogen-bond donors (Lipinski definition) is 0. The molecule has 2 unspecified atom stereocenters. The first kappa shape index (κ1) is 43.8. The molecule has 0 heterocycles. The molecule has 2 atom stereocenters. The Morgan fingerprint density at radius 2 is 0.878 bits per heavy atom. The third-order valence-electron chi connectivity index (χ3n) is 10.2. The van der Waals surface area contributed by atoms with Crippen molar-refractivity contribution in [1.29, 1.82) is 0 Å². The standard InChI is InChI=1S/C42H74O3Si4/c1-39(2,3)35-27-23-29-37(33(35)25-19-21-31-43-46(13)14)48(17,41(7,8)9)45-49(18,42(10,11)12)38-30-24-28-36(40(4,5)6)34(38)26-20-22-32-44-47(15)16/h19-20,23-30,46-47H,21-22,31-32H2,1-18H3. The molecule has 49 heavy (non-hydrogen) atoms. The van der Waals surface area contributed by atoms with Crippen LogP contribution in [0.15, 0.2) is 48.6 Å². The lowest BCUT2D eigenvalue weighted by molar-refractivity contribution is 0.334. The van der Waals surface area contributed by atoms with Gasteiger partial charge in [0.15, 0.2) is 18.1 Å². The van der Waals surface area contributed by atoms with Gasteiger partial charge in [0.05, 0.1) is 0 Å². The molecule has 0 aliphatic rings. The molecule has 7 heteroatoms. The number of benzene rings is 2. The molecule has 2 aromatic rings. The molecule has 2 aromatic carbocycles. The van der Waals surface area contributed by atoms with E-state index in [1.807, 2.05) is 0 Å².